The summed E-state index contributed by atoms with van der Waals surface area (Å²) in [6, 6.07) is 5.26. The highest BCUT2D eigenvalue weighted by Crippen LogP contribution is 2.33. The standard InChI is InChI=1S/C11H11ClN4O/c1-17-6-2-3-9(12)7(4-6)8-5-15-11(14)16-10(8)13/h2-5H,1H3,(H4,13,14,15,16). The number of hydrogen-bond acceptors (Lipinski definition) is 5. The van der Waals surface area contributed by atoms with Gasteiger partial charge in [-0.3, -0.25) is 0 Å². The van der Waals surface area contributed by atoms with Crippen LogP contribution in [-0.4, -0.2) is 17.1 Å². The van der Waals surface area contributed by atoms with Gasteiger partial charge in [-0.25, -0.2) is 4.98 Å². The molecular formula is C11H11ClN4O. The van der Waals surface area contributed by atoms with Crippen LogP contribution in [0, 0.1) is 0 Å². The van der Waals surface area contributed by atoms with E-state index in [1.807, 2.05) is 0 Å². The Balaban J connectivity index is 2.59. The third-order valence-corrected chi connectivity index (χ3v) is 2.63. The Labute approximate surface area is 103 Å². The van der Waals surface area contributed by atoms with Gasteiger partial charge in [0.25, 0.3) is 0 Å². The maximum Gasteiger partial charge on any atom is 0.221 e. The van der Waals surface area contributed by atoms with E-state index in [0.29, 0.717) is 21.9 Å². The molecule has 0 aliphatic carbocycles. The van der Waals surface area contributed by atoms with E-state index in [-0.39, 0.29) is 11.8 Å². The molecule has 0 spiro atoms. The molecule has 0 fully saturated rings. The van der Waals surface area contributed by atoms with Crippen molar-refractivity contribution in [3.63, 3.8) is 0 Å². The molecule has 2 rings (SSSR count). The van der Waals surface area contributed by atoms with Gasteiger partial charge in [0.05, 0.1) is 7.11 Å². The molecule has 0 atom stereocenters. The Kier molecular flexibility index (Phi) is 3.01. The summed E-state index contributed by atoms with van der Waals surface area (Å²) in [4.78, 5) is 7.79. The number of methoxy groups -OCH3 is 1. The van der Waals surface area contributed by atoms with Crippen LogP contribution in [0.2, 0.25) is 5.02 Å². The summed E-state index contributed by atoms with van der Waals surface area (Å²) in [5.74, 6) is 1.10. The second-order valence-electron chi connectivity index (χ2n) is 3.37. The molecule has 4 N–H and O–H groups in total. The van der Waals surface area contributed by atoms with Crippen LogP contribution in [0.5, 0.6) is 5.75 Å². The Hall–Kier alpha value is -2.01. The summed E-state index contributed by atoms with van der Waals surface area (Å²) in [5, 5.41) is 0.547. The molecule has 1 aromatic heterocycles. The molecule has 0 radical (unpaired) electrons. The normalized spacial score (nSPS) is 10.2. The lowest BCUT2D eigenvalue weighted by molar-refractivity contribution is 0.415. The van der Waals surface area contributed by atoms with Gasteiger partial charge in [-0.1, -0.05) is 11.6 Å². The average molecular weight is 251 g/mol. The van der Waals surface area contributed by atoms with Gasteiger partial charge in [0.1, 0.15) is 11.6 Å². The van der Waals surface area contributed by atoms with Gasteiger partial charge < -0.3 is 16.2 Å². The van der Waals surface area contributed by atoms with Crippen LogP contribution in [0.15, 0.2) is 24.4 Å². The predicted molar refractivity (Wildman–Crippen MR) is 67.9 cm³/mol. The van der Waals surface area contributed by atoms with Crippen LogP contribution >= 0.6 is 11.6 Å². The number of benzene rings is 1. The molecule has 0 amide bonds. The largest absolute Gasteiger partial charge is 0.497 e. The molecule has 0 aliphatic heterocycles. The monoisotopic (exact) mass is 250 g/mol. The molecule has 17 heavy (non-hydrogen) atoms. The van der Waals surface area contributed by atoms with Crippen LogP contribution in [0.1, 0.15) is 0 Å². The molecule has 0 aliphatic rings. The number of halogens is 1. The Morgan fingerprint density at radius 3 is 2.65 bits per heavy atom. The van der Waals surface area contributed by atoms with Gasteiger partial charge in [0.2, 0.25) is 5.95 Å². The minimum Gasteiger partial charge on any atom is -0.497 e. The van der Waals surface area contributed by atoms with Gasteiger partial charge in [0, 0.05) is 22.3 Å². The summed E-state index contributed by atoms with van der Waals surface area (Å²) in [5.41, 5.74) is 12.6. The number of rotatable bonds is 2. The summed E-state index contributed by atoms with van der Waals surface area (Å²) in [7, 11) is 1.58. The maximum absolute atomic E-state index is 6.10. The highest BCUT2D eigenvalue weighted by molar-refractivity contribution is 6.33. The topological polar surface area (TPSA) is 87.0 Å². The van der Waals surface area contributed by atoms with E-state index in [4.69, 9.17) is 27.8 Å². The smallest absolute Gasteiger partial charge is 0.221 e. The molecule has 0 saturated carbocycles. The van der Waals surface area contributed by atoms with Crippen molar-refractivity contribution >= 4 is 23.4 Å². The van der Waals surface area contributed by atoms with Crippen LogP contribution in [0.25, 0.3) is 11.1 Å². The number of ether oxygens (including phenoxy) is 1. The quantitative estimate of drug-likeness (QED) is 0.851. The van der Waals surface area contributed by atoms with Crippen molar-refractivity contribution in [2.45, 2.75) is 0 Å². The molecular weight excluding hydrogens is 240 g/mol. The zero-order chi connectivity index (χ0) is 12.4. The van der Waals surface area contributed by atoms with Crippen molar-refractivity contribution in [1.82, 2.24) is 9.97 Å². The molecule has 5 nitrogen and oxygen atoms in total. The first-order valence-electron chi connectivity index (χ1n) is 4.83. The first kappa shape index (κ1) is 11.5. The number of anilines is 2. The molecule has 88 valence electrons. The van der Waals surface area contributed by atoms with E-state index in [2.05, 4.69) is 9.97 Å². The lowest BCUT2D eigenvalue weighted by atomic mass is 10.1. The number of nitrogen functional groups attached to an aromatic ring is 2. The van der Waals surface area contributed by atoms with Gasteiger partial charge in [0.15, 0.2) is 0 Å². The summed E-state index contributed by atoms with van der Waals surface area (Å²) in [6.45, 7) is 0. The Morgan fingerprint density at radius 1 is 1.24 bits per heavy atom. The molecule has 0 saturated heterocycles. The third-order valence-electron chi connectivity index (χ3n) is 2.30. The SMILES string of the molecule is COc1ccc(Cl)c(-c2cnc(N)nc2N)c1. The number of nitrogens with two attached hydrogens (primary N) is 2. The second-order valence-corrected chi connectivity index (χ2v) is 3.78. The van der Waals surface area contributed by atoms with Crippen LogP contribution in [0.3, 0.4) is 0 Å². The Morgan fingerprint density at radius 2 is 2.00 bits per heavy atom. The van der Waals surface area contributed by atoms with Gasteiger partial charge in [-0.05, 0) is 18.2 Å². The van der Waals surface area contributed by atoms with E-state index in [0.717, 1.165) is 0 Å². The zero-order valence-corrected chi connectivity index (χ0v) is 9.90. The lowest BCUT2D eigenvalue weighted by Gasteiger charge is -2.09. The fraction of sp³-hybridized carbons (Fsp3) is 0.0909. The number of aromatic nitrogens is 2. The fourth-order valence-corrected chi connectivity index (χ4v) is 1.67. The summed E-state index contributed by atoms with van der Waals surface area (Å²) < 4.78 is 5.13. The van der Waals surface area contributed by atoms with Crippen molar-refractivity contribution in [2.75, 3.05) is 18.6 Å². The van der Waals surface area contributed by atoms with Crippen LogP contribution in [-0.2, 0) is 0 Å². The highest BCUT2D eigenvalue weighted by Gasteiger charge is 2.10. The van der Waals surface area contributed by atoms with E-state index in [9.17, 15) is 0 Å². The molecule has 0 unspecified atom stereocenters. The summed E-state index contributed by atoms with van der Waals surface area (Å²) >= 11 is 6.10. The van der Waals surface area contributed by atoms with Crippen LogP contribution in [0.4, 0.5) is 11.8 Å². The van der Waals surface area contributed by atoms with E-state index in [1.54, 1.807) is 31.5 Å². The molecule has 0 bridgehead atoms. The molecule has 2 aromatic rings. The Bertz CT molecular complexity index is 559. The van der Waals surface area contributed by atoms with Crippen molar-refractivity contribution in [3.05, 3.63) is 29.4 Å². The number of hydrogen-bond donors (Lipinski definition) is 2. The minimum absolute atomic E-state index is 0.130. The summed E-state index contributed by atoms with van der Waals surface area (Å²) in [6.07, 6.45) is 1.54. The van der Waals surface area contributed by atoms with E-state index >= 15 is 0 Å². The van der Waals surface area contributed by atoms with E-state index in [1.165, 1.54) is 0 Å². The fourth-order valence-electron chi connectivity index (χ4n) is 1.45. The average Bonchev–Trinajstić information content (AvgIpc) is 2.30. The van der Waals surface area contributed by atoms with Gasteiger partial charge in [-0.15, -0.1) is 0 Å². The minimum atomic E-state index is 0.130. The molecule has 6 heteroatoms. The zero-order valence-electron chi connectivity index (χ0n) is 9.14. The van der Waals surface area contributed by atoms with E-state index < -0.39 is 0 Å². The number of nitrogens with zero attached hydrogens (tertiary/aromatic N) is 2. The van der Waals surface area contributed by atoms with Gasteiger partial charge >= 0.3 is 0 Å². The lowest BCUT2D eigenvalue weighted by Crippen LogP contribution is -2.01. The van der Waals surface area contributed by atoms with Crippen LogP contribution < -0.4 is 16.2 Å². The molecule has 1 heterocycles. The highest BCUT2D eigenvalue weighted by atomic mass is 35.5. The first-order valence-corrected chi connectivity index (χ1v) is 5.21. The maximum atomic E-state index is 6.10. The second kappa shape index (κ2) is 4.47. The van der Waals surface area contributed by atoms with Crippen molar-refractivity contribution in [2.24, 2.45) is 0 Å². The van der Waals surface area contributed by atoms with Gasteiger partial charge in [-0.2, -0.15) is 4.98 Å². The van der Waals surface area contributed by atoms with Crippen molar-refractivity contribution in [3.8, 4) is 16.9 Å². The van der Waals surface area contributed by atoms with Crippen molar-refractivity contribution in [1.29, 1.82) is 0 Å². The molecule has 1 aromatic carbocycles. The predicted octanol–water partition coefficient (Wildman–Crippen LogP) is 1.97. The first-order chi connectivity index (χ1) is 8.11. The third kappa shape index (κ3) is 2.24. The van der Waals surface area contributed by atoms with Crippen molar-refractivity contribution < 1.29 is 4.74 Å².